The highest BCUT2D eigenvalue weighted by molar-refractivity contribution is 6.02. The highest BCUT2D eigenvalue weighted by Gasteiger charge is 2.23. The molecule has 3 nitrogen and oxygen atoms in total. The average Bonchev–Trinajstić information content (AvgIpc) is 2.65. The number of likely N-dealkylation sites (tertiary alicyclic amines) is 1. The van der Waals surface area contributed by atoms with Gasteiger partial charge in [0.25, 0.3) is 5.91 Å². The zero-order valence-corrected chi connectivity index (χ0v) is 15.3. The van der Waals surface area contributed by atoms with E-state index in [1.165, 1.54) is 12.1 Å². The first-order valence-corrected chi connectivity index (χ1v) is 9.29. The van der Waals surface area contributed by atoms with E-state index in [2.05, 4.69) is 0 Å². The van der Waals surface area contributed by atoms with Gasteiger partial charge >= 0.3 is 0 Å². The predicted octanol–water partition coefficient (Wildman–Crippen LogP) is 4.55. The largest absolute Gasteiger partial charge is 0.391 e. The molecule has 0 aliphatic carbocycles. The SMILES string of the molecule is Cc1cc(F)cc(-c2cccc3cc(C(=O)N4CCC[C@H](O)C4)ccc23)c1. The van der Waals surface area contributed by atoms with Crippen LogP contribution in [-0.4, -0.2) is 35.1 Å². The number of aliphatic hydroxyl groups is 1. The molecule has 4 heteroatoms. The van der Waals surface area contributed by atoms with Crippen molar-refractivity contribution in [3.05, 3.63) is 71.5 Å². The predicted molar refractivity (Wildman–Crippen MR) is 105 cm³/mol. The molecule has 1 aliphatic heterocycles. The number of benzene rings is 3. The van der Waals surface area contributed by atoms with E-state index in [0.29, 0.717) is 18.7 Å². The summed E-state index contributed by atoms with van der Waals surface area (Å²) in [5.74, 6) is -0.305. The van der Waals surface area contributed by atoms with Gasteiger partial charge in [-0.2, -0.15) is 0 Å². The maximum absolute atomic E-state index is 13.9. The number of halogens is 1. The normalized spacial score (nSPS) is 17.3. The number of β-amino-alcohol motifs (C(OH)–C–C–N with tert-alkyl or cyclic N) is 1. The molecule has 1 heterocycles. The second-order valence-electron chi connectivity index (χ2n) is 7.31. The van der Waals surface area contributed by atoms with Gasteiger partial charge in [0.1, 0.15) is 5.82 Å². The molecule has 0 bridgehead atoms. The minimum atomic E-state index is -0.439. The second kappa shape index (κ2) is 7.12. The lowest BCUT2D eigenvalue weighted by Crippen LogP contribution is -2.42. The number of aliphatic hydroxyl groups excluding tert-OH is 1. The van der Waals surface area contributed by atoms with Crippen LogP contribution in [0.25, 0.3) is 21.9 Å². The number of hydrogen-bond donors (Lipinski definition) is 1. The molecular formula is C23H22FNO2. The number of carbonyl (C=O) groups excluding carboxylic acids is 1. The second-order valence-corrected chi connectivity index (χ2v) is 7.31. The molecule has 138 valence electrons. The van der Waals surface area contributed by atoms with Gasteiger partial charge in [0, 0.05) is 18.7 Å². The Morgan fingerprint density at radius 1 is 1.15 bits per heavy atom. The van der Waals surface area contributed by atoms with Gasteiger partial charge in [0.2, 0.25) is 0 Å². The van der Waals surface area contributed by atoms with Crippen LogP contribution in [0.3, 0.4) is 0 Å². The van der Waals surface area contributed by atoms with Crippen LogP contribution >= 0.6 is 0 Å². The number of amides is 1. The standard InChI is InChI=1S/C23H22FNO2/c1-15-10-18(13-19(24)11-15)21-6-2-4-16-12-17(7-8-22(16)21)23(27)25-9-3-5-20(26)14-25/h2,4,6-8,10-13,20,26H,3,5,9,14H2,1H3/t20-/m0/s1. The van der Waals surface area contributed by atoms with Crippen molar-refractivity contribution < 1.29 is 14.3 Å². The van der Waals surface area contributed by atoms with Crippen LogP contribution in [0.5, 0.6) is 0 Å². The van der Waals surface area contributed by atoms with Gasteiger partial charge < -0.3 is 10.0 Å². The van der Waals surface area contributed by atoms with Gasteiger partial charge in [-0.25, -0.2) is 4.39 Å². The molecule has 27 heavy (non-hydrogen) atoms. The minimum absolute atomic E-state index is 0.0531. The van der Waals surface area contributed by atoms with Crippen molar-refractivity contribution in [2.45, 2.75) is 25.9 Å². The maximum Gasteiger partial charge on any atom is 0.253 e. The fraction of sp³-hybridized carbons (Fsp3) is 0.261. The van der Waals surface area contributed by atoms with Gasteiger partial charge in [-0.3, -0.25) is 4.79 Å². The lowest BCUT2D eigenvalue weighted by Gasteiger charge is -2.30. The third kappa shape index (κ3) is 3.58. The summed E-state index contributed by atoms with van der Waals surface area (Å²) < 4.78 is 13.9. The molecule has 0 unspecified atom stereocenters. The number of piperidine rings is 1. The van der Waals surface area contributed by atoms with Crippen molar-refractivity contribution in [1.29, 1.82) is 0 Å². The zero-order chi connectivity index (χ0) is 19.0. The number of rotatable bonds is 2. The fourth-order valence-electron chi connectivity index (χ4n) is 3.88. The van der Waals surface area contributed by atoms with E-state index < -0.39 is 6.10 Å². The summed E-state index contributed by atoms with van der Waals surface area (Å²) in [5.41, 5.74) is 3.26. The van der Waals surface area contributed by atoms with Crippen LogP contribution in [0.2, 0.25) is 0 Å². The summed E-state index contributed by atoms with van der Waals surface area (Å²) in [6.07, 6.45) is 1.13. The molecule has 1 saturated heterocycles. The number of fused-ring (bicyclic) bond motifs is 1. The van der Waals surface area contributed by atoms with E-state index in [-0.39, 0.29) is 11.7 Å². The van der Waals surface area contributed by atoms with Gasteiger partial charge in [-0.1, -0.05) is 30.3 Å². The molecule has 1 amide bonds. The topological polar surface area (TPSA) is 40.5 Å². The molecule has 0 saturated carbocycles. The Labute approximate surface area is 158 Å². The molecule has 3 aromatic carbocycles. The van der Waals surface area contributed by atoms with Crippen LogP contribution < -0.4 is 0 Å². The van der Waals surface area contributed by atoms with Crippen LogP contribution in [-0.2, 0) is 0 Å². The third-order valence-corrected chi connectivity index (χ3v) is 5.16. The number of hydrogen-bond acceptors (Lipinski definition) is 2. The summed E-state index contributed by atoms with van der Waals surface area (Å²) in [7, 11) is 0. The molecule has 0 radical (unpaired) electrons. The quantitative estimate of drug-likeness (QED) is 0.726. The first-order valence-electron chi connectivity index (χ1n) is 9.29. The highest BCUT2D eigenvalue weighted by atomic mass is 19.1. The minimum Gasteiger partial charge on any atom is -0.391 e. The van der Waals surface area contributed by atoms with E-state index in [4.69, 9.17) is 0 Å². The molecule has 3 aromatic rings. The maximum atomic E-state index is 13.9. The molecule has 4 rings (SSSR count). The average molecular weight is 363 g/mol. The first kappa shape index (κ1) is 17.7. The van der Waals surface area contributed by atoms with Gasteiger partial charge in [-0.05, 0) is 71.5 Å². The Morgan fingerprint density at radius 2 is 2.00 bits per heavy atom. The highest BCUT2D eigenvalue weighted by Crippen LogP contribution is 2.31. The van der Waals surface area contributed by atoms with Crippen LogP contribution in [0.4, 0.5) is 4.39 Å². The molecule has 1 atom stereocenters. The van der Waals surface area contributed by atoms with Crippen molar-refractivity contribution in [2.75, 3.05) is 13.1 Å². The lowest BCUT2D eigenvalue weighted by molar-refractivity contribution is 0.0474. The van der Waals surface area contributed by atoms with Crippen molar-refractivity contribution in [3.8, 4) is 11.1 Å². The molecule has 0 spiro atoms. The van der Waals surface area contributed by atoms with Crippen molar-refractivity contribution >= 4 is 16.7 Å². The first-order chi connectivity index (χ1) is 13.0. The Morgan fingerprint density at radius 3 is 2.78 bits per heavy atom. The lowest BCUT2D eigenvalue weighted by atomic mass is 9.95. The van der Waals surface area contributed by atoms with Gasteiger partial charge in [-0.15, -0.1) is 0 Å². The molecule has 1 aliphatic rings. The Balaban J connectivity index is 1.73. The fourth-order valence-corrected chi connectivity index (χ4v) is 3.88. The van der Waals surface area contributed by atoms with Crippen LogP contribution in [0, 0.1) is 12.7 Å². The Kier molecular flexibility index (Phi) is 4.66. The van der Waals surface area contributed by atoms with Crippen molar-refractivity contribution in [3.63, 3.8) is 0 Å². The Hall–Kier alpha value is -2.72. The molecule has 1 N–H and O–H groups in total. The van der Waals surface area contributed by atoms with Crippen molar-refractivity contribution in [1.82, 2.24) is 4.90 Å². The summed E-state index contributed by atoms with van der Waals surface area (Å²) >= 11 is 0. The number of aryl methyl sites for hydroxylation is 1. The van der Waals surface area contributed by atoms with E-state index >= 15 is 0 Å². The summed E-state index contributed by atoms with van der Waals surface area (Å²) in [6, 6.07) is 16.5. The summed E-state index contributed by atoms with van der Waals surface area (Å²) in [6.45, 7) is 2.94. The number of nitrogens with zero attached hydrogens (tertiary/aromatic N) is 1. The van der Waals surface area contributed by atoms with E-state index in [9.17, 15) is 14.3 Å². The van der Waals surface area contributed by atoms with E-state index in [0.717, 1.165) is 40.3 Å². The monoisotopic (exact) mass is 363 g/mol. The van der Waals surface area contributed by atoms with Crippen LogP contribution in [0.1, 0.15) is 28.8 Å². The number of carbonyl (C=O) groups is 1. The third-order valence-electron chi connectivity index (χ3n) is 5.16. The van der Waals surface area contributed by atoms with Crippen molar-refractivity contribution in [2.24, 2.45) is 0 Å². The molecular weight excluding hydrogens is 341 g/mol. The summed E-state index contributed by atoms with van der Waals surface area (Å²) in [4.78, 5) is 14.5. The van der Waals surface area contributed by atoms with E-state index in [1.807, 2.05) is 49.4 Å². The van der Waals surface area contributed by atoms with E-state index in [1.54, 1.807) is 4.90 Å². The Bertz CT molecular complexity index is 994. The zero-order valence-electron chi connectivity index (χ0n) is 15.3. The van der Waals surface area contributed by atoms with Gasteiger partial charge in [0.15, 0.2) is 0 Å². The molecule has 1 fully saturated rings. The van der Waals surface area contributed by atoms with Crippen LogP contribution in [0.15, 0.2) is 54.6 Å². The summed E-state index contributed by atoms with van der Waals surface area (Å²) in [5, 5.41) is 11.8. The smallest absolute Gasteiger partial charge is 0.253 e. The van der Waals surface area contributed by atoms with Gasteiger partial charge in [0.05, 0.1) is 6.10 Å². The molecule has 0 aromatic heterocycles.